The molecule has 2 aliphatic heterocycles. The van der Waals surface area contributed by atoms with Crippen LogP contribution in [0.3, 0.4) is 0 Å². The van der Waals surface area contributed by atoms with Gasteiger partial charge in [-0.15, -0.1) is 0 Å². The van der Waals surface area contributed by atoms with Gasteiger partial charge in [0.05, 0.1) is 44.7 Å². The summed E-state index contributed by atoms with van der Waals surface area (Å²) in [5.74, 6) is -20.9. The van der Waals surface area contributed by atoms with E-state index in [0.29, 0.717) is 22.3 Å². The molecule has 12 rings (SSSR count). The van der Waals surface area contributed by atoms with E-state index in [0.717, 1.165) is 9.80 Å². The van der Waals surface area contributed by atoms with Gasteiger partial charge in [-0.2, -0.15) is 0 Å². The number of nitrogens with zero attached hydrogens (tertiary/aromatic N) is 2. The lowest BCUT2D eigenvalue weighted by molar-refractivity contribution is 0.444. The molecule has 0 aliphatic carbocycles. The van der Waals surface area contributed by atoms with E-state index in [1.807, 2.05) is 0 Å². The summed E-state index contributed by atoms with van der Waals surface area (Å²) < 4.78 is 196. The summed E-state index contributed by atoms with van der Waals surface area (Å²) >= 11 is 0. The third kappa shape index (κ3) is 6.71. The highest BCUT2D eigenvalue weighted by Crippen LogP contribution is 2.61. The fraction of sp³-hybridized carbons (Fsp3) is 0.0323. The van der Waals surface area contributed by atoms with E-state index in [9.17, 15) is 17.6 Å². The molecule has 0 unspecified atom stereocenters. The molecule has 0 spiro atoms. The van der Waals surface area contributed by atoms with Crippen LogP contribution in [-0.4, -0.2) is 0 Å². The average molecular weight is 1030 g/mol. The maximum absolute atomic E-state index is 17.3. The summed E-state index contributed by atoms with van der Waals surface area (Å²) in [6, 6.07) is 44.9. The lowest BCUT2D eigenvalue weighted by Crippen LogP contribution is -2.38. The van der Waals surface area contributed by atoms with Gasteiger partial charge in [0.1, 0.15) is 34.6 Å². The van der Waals surface area contributed by atoms with Crippen molar-refractivity contribution in [1.82, 2.24) is 0 Å². The molecule has 0 fully saturated rings. The number of rotatable bonds is 7. The smallest absolute Gasteiger partial charge is 0.186 e. The van der Waals surface area contributed by atoms with Crippen LogP contribution in [0.1, 0.15) is 44.5 Å². The number of hydrogen-bond donors (Lipinski definition) is 0. The predicted molar refractivity (Wildman–Crippen MR) is 264 cm³/mol. The number of halogens is 12. The first-order chi connectivity index (χ1) is 36.7. The first-order valence-electron chi connectivity index (χ1n) is 23.5. The Kier molecular flexibility index (Phi) is 11.2. The highest BCUT2D eigenvalue weighted by Gasteiger charge is 2.50. The van der Waals surface area contributed by atoms with Crippen LogP contribution in [0.2, 0.25) is 0 Å². The molecule has 2 aliphatic rings. The molecule has 0 N–H and O–H groups in total. The zero-order valence-corrected chi connectivity index (χ0v) is 38.9. The van der Waals surface area contributed by atoms with E-state index in [1.165, 1.54) is 146 Å². The van der Waals surface area contributed by atoms with Crippen LogP contribution in [0.25, 0.3) is 11.1 Å². The van der Waals surface area contributed by atoms with Gasteiger partial charge < -0.3 is 9.80 Å². The minimum Gasteiger partial charge on any atom is -0.304 e. The number of para-hydroxylation sites is 4. The van der Waals surface area contributed by atoms with Crippen molar-refractivity contribution >= 4 is 34.1 Å². The molecular formula is C62H32F12N2. The minimum absolute atomic E-state index is 0.0945. The van der Waals surface area contributed by atoms with Crippen molar-refractivity contribution in [3.8, 4) is 11.1 Å². The topological polar surface area (TPSA) is 6.48 Å². The fourth-order valence-electron chi connectivity index (χ4n) is 11.4. The van der Waals surface area contributed by atoms with Gasteiger partial charge in [0.15, 0.2) is 46.5 Å². The van der Waals surface area contributed by atoms with E-state index < -0.39 is 103 Å². The minimum atomic E-state index is -2.42. The van der Waals surface area contributed by atoms with Gasteiger partial charge in [0, 0.05) is 0 Å². The Hall–Kier alpha value is -9.04. The Morgan fingerprint density at radius 1 is 0.224 bits per heavy atom. The van der Waals surface area contributed by atoms with Crippen LogP contribution in [0.15, 0.2) is 194 Å². The molecule has 374 valence electrons. The van der Waals surface area contributed by atoms with Gasteiger partial charge >= 0.3 is 0 Å². The van der Waals surface area contributed by atoms with Gasteiger partial charge in [-0.1, -0.05) is 121 Å². The Morgan fingerprint density at radius 3 is 0.632 bits per heavy atom. The van der Waals surface area contributed by atoms with Crippen LogP contribution in [0.5, 0.6) is 0 Å². The van der Waals surface area contributed by atoms with Crippen LogP contribution < -0.4 is 9.80 Å². The fourth-order valence-corrected chi connectivity index (χ4v) is 11.4. The molecule has 10 aromatic carbocycles. The lowest BCUT2D eigenvalue weighted by atomic mass is 9.62. The van der Waals surface area contributed by atoms with Gasteiger partial charge in [0.2, 0.25) is 0 Å². The molecule has 14 heteroatoms. The van der Waals surface area contributed by atoms with Crippen molar-refractivity contribution in [1.29, 1.82) is 0 Å². The molecular weight excluding hydrogens is 1000 g/mol. The maximum Gasteiger partial charge on any atom is 0.186 e. The number of hydrogen-bond acceptors (Lipinski definition) is 2. The lowest BCUT2D eigenvalue weighted by Gasteiger charge is -2.46. The Labute approximate surface area is 425 Å². The van der Waals surface area contributed by atoms with Crippen LogP contribution in [0, 0.1) is 69.8 Å². The van der Waals surface area contributed by atoms with Crippen molar-refractivity contribution in [2.45, 2.75) is 10.8 Å². The van der Waals surface area contributed by atoms with E-state index in [2.05, 4.69) is 0 Å². The largest absolute Gasteiger partial charge is 0.304 e. The molecule has 0 radical (unpaired) electrons. The molecule has 0 amide bonds. The van der Waals surface area contributed by atoms with Crippen LogP contribution in [-0.2, 0) is 10.8 Å². The number of anilines is 6. The highest BCUT2D eigenvalue weighted by molar-refractivity contribution is 5.93. The first kappa shape index (κ1) is 47.9. The van der Waals surface area contributed by atoms with Crippen molar-refractivity contribution < 1.29 is 52.7 Å². The summed E-state index contributed by atoms with van der Waals surface area (Å²) in [4.78, 5) is 1.69. The Balaban J connectivity index is 1.05. The summed E-state index contributed by atoms with van der Waals surface area (Å²) in [7, 11) is 0. The molecule has 0 aromatic heterocycles. The monoisotopic (exact) mass is 1030 g/mol. The second-order valence-corrected chi connectivity index (χ2v) is 18.2. The Bertz CT molecular complexity index is 3470. The molecule has 2 heterocycles. The van der Waals surface area contributed by atoms with Gasteiger partial charge in [-0.3, -0.25) is 0 Å². The van der Waals surface area contributed by atoms with Crippen LogP contribution >= 0.6 is 0 Å². The number of benzene rings is 10. The molecule has 0 saturated carbocycles. The standard InChI is InChI=1S/C62H32F12N2/c63-37-25-17-33(18-26-37)61(34-19-27-38(64)28-20-34)41-9-1-5-13-45(41)75(46-14-6-2-10-42(46)61)59-55(71)51(67)49(52(68)56(59)72)50-53(69)57(73)60(58(74)54(50)70)76-47-15-7-3-11-43(47)62(35-21-29-39(65)30-22-35,36-23-31-40(66)32-24-36)44-12-4-8-16-48(44)76/h1-32H. The molecule has 0 bridgehead atoms. The summed E-state index contributed by atoms with van der Waals surface area (Å²) in [5.41, 5.74) is -8.05. The zero-order chi connectivity index (χ0) is 52.9. The number of fused-ring (bicyclic) bond motifs is 4. The van der Waals surface area contributed by atoms with E-state index in [4.69, 9.17) is 0 Å². The third-order valence-corrected chi connectivity index (χ3v) is 14.5. The zero-order valence-electron chi connectivity index (χ0n) is 38.9. The summed E-state index contributed by atoms with van der Waals surface area (Å²) in [6.45, 7) is 0. The van der Waals surface area contributed by atoms with Gasteiger partial charge in [0.25, 0.3) is 0 Å². The van der Waals surface area contributed by atoms with Gasteiger partial charge in [-0.05, 0) is 117 Å². The average Bonchev–Trinajstić information content (AvgIpc) is 3.53. The first-order valence-corrected chi connectivity index (χ1v) is 23.5. The molecule has 0 atom stereocenters. The normalized spacial score (nSPS) is 13.9. The van der Waals surface area contributed by atoms with Crippen molar-refractivity contribution in [2.75, 3.05) is 9.80 Å². The van der Waals surface area contributed by atoms with Crippen molar-refractivity contribution in [3.05, 3.63) is 308 Å². The molecule has 10 aromatic rings. The molecule has 0 saturated heterocycles. The van der Waals surface area contributed by atoms with E-state index in [1.54, 1.807) is 48.5 Å². The van der Waals surface area contributed by atoms with E-state index in [-0.39, 0.29) is 45.0 Å². The van der Waals surface area contributed by atoms with Crippen LogP contribution in [0.4, 0.5) is 86.8 Å². The van der Waals surface area contributed by atoms with Crippen molar-refractivity contribution in [2.24, 2.45) is 0 Å². The third-order valence-electron chi connectivity index (χ3n) is 14.5. The molecule has 76 heavy (non-hydrogen) atoms. The van der Waals surface area contributed by atoms with E-state index >= 15 is 35.1 Å². The summed E-state index contributed by atoms with van der Waals surface area (Å²) in [6.07, 6.45) is 0. The maximum atomic E-state index is 17.3. The quantitative estimate of drug-likeness (QED) is 0.116. The highest BCUT2D eigenvalue weighted by atomic mass is 19.2. The SMILES string of the molecule is Fc1ccc(C2(c3ccc(F)cc3)c3ccccc3N(c3c(F)c(F)c(-c4c(F)c(F)c(N5c6ccccc6C(c6ccc(F)cc6)(c6ccc(F)cc6)c6ccccc65)c(F)c4F)c(F)c3F)c3ccccc32)cc1. The predicted octanol–water partition coefficient (Wildman–Crippen LogP) is 17.4. The van der Waals surface area contributed by atoms with Crippen molar-refractivity contribution in [3.63, 3.8) is 0 Å². The Morgan fingerprint density at radius 2 is 0.421 bits per heavy atom. The second kappa shape index (κ2) is 17.8. The summed E-state index contributed by atoms with van der Waals surface area (Å²) in [5, 5.41) is 0. The van der Waals surface area contributed by atoms with Gasteiger partial charge in [-0.25, -0.2) is 52.7 Å². The molecule has 2 nitrogen and oxygen atoms in total. The second-order valence-electron chi connectivity index (χ2n) is 18.2.